The fourth-order valence-corrected chi connectivity index (χ4v) is 3.22. The minimum absolute atomic E-state index is 0.0639. The van der Waals surface area contributed by atoms with Crippen LogP contribution in [0.15, 0.2) is 36.7 Å². The molecule has 8 heteroatoms. The highest BCUT2D eigenvalue weighted by Crippen LogP contribution is 2.40. The largest absolute Gasteiger partial charge is 0.504 e. The van der Waals surface area contributed by atoms with Crippen molar-refractivity contribution >= 4 is 16.7 Å². The Bertz CT molecular complexity index is 1040. The maximum Gasteiger partial charge on any atom is 0.255 e. The second kappa shape index (κ2) is 9.21. The third kappa shape index (κ3) is 4.32. The van der Waals surface area contributed by atoms with Crippen molar-refractivity contribution in [1.29, 1.82) is 0 Å². The van der Waals surface area contributed by atoms with E-state index in [9.17, 15) is 9.90 Å². The number of phenolic OH excluding ortho intramolecular Hbond substituents is 1. The predicted molar refractivity (Wildman–Crippen MR) is 112 cm³/mol. The number of nitrogens with two attached hydrogens (primary N) is 1. The van der Waals surface area contributed by atoms with E-state index in [1.165, 1.54) is 14.2 Å². The van der Waals surface area contributed by atoms with Crippen molar-refractivity contribution in [2.45, 2.75) is 13.3 Å². The van der Waals surface area contributed by atoms with Gasteiger partial charge >= 0.3 is 0 Å². The van der Waals surface area contributed by atoms with Crippen molar-refractivity contribution in [2.24, 2.45) is 5.73 Å². The molecule has 1 aromatic heterocycles. The molecule has 0 unspecified atom stereocenters. The molecule has 0 aliphatic rings. The van der Waals surface area contributed by atoms with Crippen molar-refractivity contribution in [2.75, 3.05) is 27.4 Å². The number of hydrogen-bond acceptors (Lipinski definition) is 7. The van der Waals surface area contributed by atoms with Gasteiger partial charge in [0.05, 0.1) is 20.8 Å². The summed E-state index contributed by atoms with van der Waals surface area (Å²) < 4.78 is 21.8. The van der Waals surface area contributed by atoms with Crippen molar-refractivity contribution in [3.8, 4) is 28.7 Å². The van der Waals surface area contributed by atoms with Crippen molar-refractivity contribution in [1.82, 2.24) is 4.98 Å². The van der Waals surface area contributed by atoms with E-state index in [1.54, 1.807) is 30.6 Å². The molecule has 2 aromatic carbocycles. The van der Waals surface area contributed by atoms with Gasteiger partial charge in [0.25, 0.3) is 5.91 Å². The van der Waals surface area contributed by atoms with Gasteiger partial charge in [-0.15, -0.1) is 0 Å². The molecule has 0 fully saturated rings. The molecule has 0 aliphatic carbocycles. The van der Waals surface area contributed by atoms with E-state index in [-0.39, 0.29) is 12.4 Å². The van der Waals surface area contributed by atoms with Crippen LogP contribution >= 0.6 is 0 Å². The fraction of sp³-hybridized carbons (Fsp3) is 0.273. The molecule has 0 aliphatic heterocycles. The molecule has 3 rings (SSSR count). The number of carbonyl (C=O) groups is 1. The lowest BCUT2D eigenvalue weighted by atomic mass is 9.99. The number of pyridine rings is 1. The molecule has 0 saturated carbocycles. The average molecular weight is 412 g/mol. The smallest absolute Gasteiger partial charge is 0.255 e. The zero-order valence-corrected chi connectivity index (χ0v) is 17.1. The first-order valence-electron chi connectivity index (χ1n) is 9.35. The Morgan fingerprint density at radius 1 is 1.03 bits per heavy atom. The van der Waals surface area contributed by atoms with Crippen molar-refractivity contribution in [3.63, 3.8) is 0 Å². The third-order valence-electron chi connectivity index (χ3n) is 4.53. The van der Waals surface area contributed by atoms with E-state index < -0.39 is 5.91 Å². The van der Waals surface area contributed by atoms with Gasteiger partial charge in [-0.05, 0) is 48.1 Å². The lowest BCUT2D eigenvalue weighted by Gasteiger charge is -2.16. The maximum absolute atomic E-state index is 11.1. The first-order chi connectivity index (χ1) is 14.5. The van der Waals surface area contributed by atoms with Crippen LogP contribution in [0.2, 0.25) is 0 Å². The van der Waals surface area contributed by atoms with Gasteiger partial charge in [-0.1, -0.05) is 6.07 Å². The van der Waals surface area contributed by atoms with Crippen LogP contribution in [0.1, 0.15) is 18.1 Å². The molecule has 1 heterocycles. The third-order valence-corrected chi connectivity index (χ3v) is 4.53. The van der Waals surface area contributed by atoms with E-state index in [0.29, 0.717) is 41.4 Å². The molecule has 158 valence electrons. The SMILES string of the molecule is CCOc1ccc2c(Cc3cc(OC)c(OCC(N)=O)c(OC)c3)cncc2c1O. The highest BCUT2D eigenvalue weighted by atomic mass is 16.5. The van der Waals surface area contributed by atoms with Gasteiger partial charge in [0.2, 0.25) is 5.75 Å². The second-order valence-corrected chi connectivity index (χ2v) is 6.50. The number of carbonyl (C=O) groups excluding carboxylic acids is 1. The summed E-state index contributed by atoms with van der Waals surface area (Å²) in [5, 5.41) is 12.0. The maximum atomic E-state index is 11.1. The molecule has 8 nitrogen and oxygen atoms in total. The first-order valence-corrected chi connectivity index (χ1v) is 9.35. The van der Waals surface area contributed by atoms with Crippen LogP contribution in [0, 0.1) is 0 Å². The van der Waals surface area contributed by atoms with E-state index in [1.807, 2.05) is 13.0 Å². The number of rotatable bonds is 9. The van der Waals surface area contributed by atoms with Crippen molar-refractivity contribution in [3.05, 3.63) is 47.8 Å². The molecule has 3 aromatic rings. The van der Waals surface area contributed by atoms with E-state index >= 15 is 0 Å². The molecule has 0 spiro atoms. The van der Waals surface area contributed by atoms with Crippen LogP contribution in [0.5, 0.6) is 28.7 Å². The number of ether oxygens (including phenoxy) is 4. The Hall–Kier alpha value is -3.68. The summed E-state index contributed by atoms with van der Waals surface area (Å²) in [6.07, 6.45) is 3.86. The molecular weight excluding hydrogens is 388 g/mol. The predicted octanol–water partition coefficient (Wildman–Crippen LogP) is 2.81. The number of primary amides is 1. The fourth-order valence-electron chi connectivity index (χ4n) is 3.22. The van der Waals surface area contributed by atoms with Crippen LogP contribution in [-0.2, 0) is 11.2 Å². The minimum Gasteiger partial charge on any atom is -0.504 e. The highest BCUT2D eigenvalue weighted by molar-refractivity contribution is 5.92. The number of aromatic hydroxyl groups is 1. The zero-order valence-electron chi connectivity index (χ0n) is 17.1. The molecular formula is C22H24N2O6. The number of fused-ring (bicyclic) bond motifs is 1. The van der Waals surface area contributed by atoms with E-state index in [2.05, 4.69) is 4.98 Å². The molecule has 0 saturated heterocycles. The van der Waals surface area contributed by atoms with Gasteiger partial charge in [-0.25, -0.2) is 0 Å². The first kappa shape index (κ1) is 21.0. The van der Waals surface area contributed by atoms with Gasteiger partial charge in [-0.2, -0.15) is 0 Å². The minimum atomic E-state index is -0.601. The van der Waals surface area contributed by atoms with E-state index in [4.69, 9.17) is 24.7 Å². The summed E-state index contributed by atoms with van der Waals surface area (Å²) >= 11 is 0. The van der Waals surface area contributed by atoms with Gasteiger partial charge in [-0.3, -0.25) is 9.78 Å². The van der Waals surface area contributed by atoms with Crippen LogP contribution in [0.4, 0.5) is 0 Å². The van der Waals surface area contributed by atoms with Crippen molar-refractivity contribution < 1.29 is 28.8 Å². The Balaban J connectivity index is 2.00. The van der Waals surface area contributed by atoms with Gasteiger partial charge in [0.1, 0.15) is 0 Å². The van der Waals surface area contributed by atoms with Crippen LogP contribution in [0.3, 0.4) is 0 Å². The lowest BCUT2D eigenvalue weighted by Crippen LogP contribution is -2.20. The molecule has 0 radical (unpaired) electrons. The van der Waals surface area contributed by atoms with E-state index in [0.717, 1.165) is 16.5 Å². The summed E-state index contributed by atoms with van der Waals surface area (Å²) in [4.78, 5) is 15.3. The Labute approximate surface area is 174 Å². The Morgan fingerprint density at radius 3 is 2.33 bits per heavy atom. The molecule has 0 bridgehead atoms. The summed E-state index contributed by atoms with van der Waals surface area (Å²) in [5.41, 5.74) is 6.94. The highest BCUT2D eigenvalue weighted by Gasteiger charge is 2.17. The number of hydrogen-bond donors (Lipinski definition) is 2. The number of nitrogens with zero attached hydrogens (tertiary/aromatic N) is 1. The average Bonchev–Trinajstić information content (AvgIpc) is 2.74. The topological polar surface area (TPSA) is 113 Å². The normalized spacial score (nSPS) is 10.6. The van der Waals surface area contributed by atoms with Gasteiger partial charge in [0.15, 0.2) is 29.6 Å². The quantitative estimate of drug-likeness (QED) is 0.556. The summed E-state index contributed by atoms with van der Waals surface area (Å²) in [7, 11) is 3.00. The summed E-state index contributed by atoms with van der Waals surface area (Å²) in [5.74, 6) is 1.02. The Kier molecular flexibility index (Phi) is 6.46. The number of phenols is 1. The lowest BCUT2D eigenvalue weighted by molar-refractivity contribution is -0.120. The molecule has 3 N–H and O–H groups in total. The molecule has 0 atom stereocenters. The Morgan fingerprint density at radius 2 is 1.73 bits per heavy atom. The monoisotopic (exact) mass is 412 g/mol. The van der Waals surface area contributed by atoms with Gasteiger partial charge < -0.3 is 29.8 Å². The van der Waals surface area contributed by atoms with Crippen LogP contribution < -0.4 is 24.7 Å². The number of amides is 1. The molecule has 1 amide bonds. The summed E-state index contributed by atoms with van der Waals surface area (Å²) in [6.45, 7) is 2.02. The zero-order chi connectivity index (χ0) is 21.7. The number of benzene rings is 2. The number of methoxy groups -OCH3 is 2. The second-order valence-electron chi connectivity index (χ2n) is 6.50. The summed E-state index contributed by atoms with van der Waals surface area (Å²) in [6, 6.07) is 7.24. The van der Waals surface area contributed by atoms with Crippen LogP contribution in [-0.4, -0.2) is 43.4 Å². The molecule has 30 heavy (non-hydrogen) atoms. The standard InChI is InChI=1S/C22H24N2O6/c1-4-29-17-6-5-15-14(10-24-11-16(15)21(17)26)7-13-8-18(27-2)22(19(9-13)28-3)30-12-20(23)25/h5-6,8-11,26H,4,7,12H2,1-3H3,(H2,23,25). The number of aromatic nitrogens is 1. The van der Waals surface area contributed by atoms with Crippen LogP contribution in [0.25, 0.3) is 10.8 Å². The van der Waals surface area contributed by atoms with Gasteiger partial charge in [0, 0.05) is 17.8 Å².